The number of nitrogens with zero attached hydrogens (tertiary/aromatic N) is 2. The van der Waals surface area contributed by atoms with Crippen LogP contribution in [0.3, 0.4) is 0 Å². The minimum absolute atomic E-state index is 0.0703. The Bertz CT molecular complexity index is 405. The Morgan fingerprint density at radius 1 is 1.59 bits per heavy atom. The van der Waals surface area contributed by atoms with Crippen LogP contribution in [0.2, 0.25) is 0 Å². The quantitative estimate of drug-likeness (QED) is 0.347. The second kappa shape index (κ2) is 6.19. The van der Waals surface area contributed by atoms with Gasteiger partial charge in [0.25, 0.3) is 5.69 Å². The molecule has 0 aliphatic carbocycles. The lowest BCUT2D eigenvalue weighted by atomic mass is 10.4. The number of hydrogen-bond donors (Lipinski definition) is 0. The fourth-order valence-corrected chi connectivity index (χ4v) is 1.62. The van der Waals surface area contributed by atoms with Crippen molar-refractivity contribution in [3.05, 3.63) is 28.4 Å². The van der Waals surface area contributed by atoms with Gasteiger partial charge in [-0.2, -0.15) is 0 Å². The van der Waals surface area contributed by atoms with Crippen molar-refractivity contribution in [3.63, 3.8) is 0 Å². The van der Waals surface area contributed by atoms with E-state index < -0.39 is 4.92 Å². The molecule has 0 radical (unpaired) electrons. The second-order valence-electron chi connectivity index (χ2n) is 3.44. The van der Waals surface area contributed by atoms with E-state index in [9.17, 15) is 14.9 Å². The van der Waals surface area contributed by atoms with Crippen molar-refractivity contribution in [2.75, 3.05) is 5.75 Å². The molecule has 17 heavy (non-hydrogen) atoms. The van der Waals surface area contributed by atoms with Crippen LogP contribution in [0.1, 0.15) is 13.8 Å². The Balaban J connectivity index is 2.47. The van der Waals surface area contributed by atoms with E-state index in [0.717, 1.165) is 6.20 Å². The van der Waals surface area contributed by atoms with Gasteiger partial charge in [0.2, 0.25) is 0 Å². The van der Waals surface area contributed by atoms with Crippen molar-refractivity contribution in [2.24, 2.45) is 0 Å². The van der Waals surface area contributed by atoms with Gasteiger partial charge in [0.15, 0.2) is 0 Å². The Labute approximate surface area is 103 Å². The lowest BCUT2D eigenvalue weighted by molar-refractivity contribution is -0.385. The van der Waals surface area contributed by atoms with Crippen molar-refractivity contribution in [1.82, 2.24) is 4.98 Å². The number of carbonyl (C=O) groups excluding carboxylic acids is 1. The van der Waals surface area contributed by atoms with Gasteiger partial charge >= 0.3 is 5.97 Å². The van der Waals surface area contributed by atoms with E-state index in [1.54, 1.807) is 13.8 Å². The summed E-state index contributed by atoms with van der Waals surface area (Å²) in [5.74, 6) is -0.187. The topological polar surface area (TPSA) is 82.3 Å². The van der Waals surface area contributed by atoms with Gasteiger partial charge in [-0.15, -0.1) is 0 Å². The molecule has 0 aromatic carbocycles. The van der Waals surface area contributed by atoms with Gasteiger partial charge in [-0.3, -0.25) is 14.9 Å². The lowest BCUT2D eigenvalue weighted by Gasteiger charge is -2.06. The molecule has 92 valence electrons. The Morgan fingerprint density at radius 2 is 2.29 bits per heavy atom. The van der Waals surface area contributed by atoms with Gasteiger partial charge in [-0.25, -0.2) is 4.98 Å². The number of nitro groups is 1. The van der Waals surface area contributed by atoms with E-state index >= 15 is 0 Å². The summed E-state index contributed by atoms with van der Waals surface area (Å²) in [6.45, 7) is 3.54. The molecule has 0 saturated heterocycles. The highest BCUT2D eigenvalue weighted by Gasteiger charge is 2.09. The molecule has 0 N–H and O–H groups in total. The van der Waals surface area contributed by atoms with Crippen molar-refractivity contribution in [2.45, 2.75) is 25.0 Å². The Morgan fingerprint density at radius 3 is 2.76 bits per heavy atom. The minimum atomic E-state index is -0.519. The lowest BCUT2D eigenvalue weighted by Crippen LogP contribution is -2.13. The first-order valence-corrected chi connectivity index (χ1v) is 5.90. The van der Waals surface area contributed by atoms with Crippen LogP contribution in [0.5, 0.6) is 0 Å². The van der Waals surface area contributed by atoms with Crippen LogP contribution < -0.4 is 0 Å². The SMILES string of the molecule is CC(C)OC(=O)CSc1ccc([N+](=O)[O-])cn1. The smallest absolute Gasteiger partial charge is 0.316 e. The molecule has 1 heterocycles. The number of thioether (sulfide) groups is 1. The number of ether oxygens (including phenoxy) is 1. The van der Waals surface area contributed by atoms with E-state index in [-0.39, 0.29) is 23.5 Å². The molecule has 0 aliphatic heterocycles. The zero-order chi connectivity index (χ0) is 12.8. The van der Waals surface area contributed by atoms with E-state index in [0.29, 0.717) is 5.03 Å². The number of esters is 1. The minimum Gasteiger partial charge on any atom is -0.462 e. The molecule has 0 spiro atoms. The molecule has 1 aromatic heterocycles. The number of pyridine rings is 1. The highest BCUT2D eigenvalue weighted by atomic mass is 32.2. The molecular formula is C10H12N2O4S. The van der Waals surface area contributed by atoms with Crippen LogP contribution >= 0.6 is 11.8 Å². The molecule has 0 saturated carbocycles. The molecule has 1 aromatic rings. The van der Waals surface area contributed by atoms with Crippen LogP contribution in [0.15, 0.2) is 23.4 Å². The highest BCUT2D eigenvalue weighted by molar-refractivity contribution is 7.99. The van der Waals surface area contributed by atoms with Gasteiger partial charge in [0.05, 0.1) is 21.8 Å². The third-order valence-corrected chi connectivity index (χ3v) is 2.55. The van der Waals surface area contributed by atoms with Crippen LogP contribution in [0, 0.1) is 10.1 Å². The Hall–Kier alpha value is -1.63. The predicted octanol–water partition coefficient (Wildman–Crippen LogP) is 2.03. The maximum atomic E-state index is 11.2. The summed E-state index contributed by atoms with van der Waals surface area (Å²) in [5, 5.41) is 10.9. The van der Waals surface area contributed by atoms with Crippen LogP contribution in [-0.2, 0) is 9.53 Å². The summed E-state index contributed by atoms with van der Waals surface area (Å²) < 4.78 is 4.94. The standard InChI is InChI=1S/C10H12N2O4S/c1-7(2)16-10(13)6-17-9-4-3-8(5-11-9)12(14)15/h3-5,7H,6H2,1-2H3. The summed E-state index contributed by atoms with van der Waals surface area (Å²) in [6, 6.07) is 2.86. The number of rotatable bonds is 5. The monoisotopic (exact) mass is 256 g/mol. The molecule has 0 atom stereocenters. The van der Waals surface area contributed by atoms with Gasteiger partial charge in [0.1, 0.15) is 6.20 Å². The molecule has 0 bridgehead atoms. The van der Waals surface area contributed by atoms with Gasteiger partial charge < -0.3 is 4.74 Å². The van der Waals surface area contributed by atoms with Gasteiger partial charge in [-0.1, -0.05) is 11.8 Å². The van der Waals surface area contributed by atoms with Crippen LogP contribution in [0.4, 0.5) is 5.69 Å². The summed E-state index contributed by atoms with van der Waals surface area (Å²) >= 11 is 1.18. The maximum absolute atomic E-state index is 11.2. The molecule has 6 nitrogen and oxygen atoms in total. The van der Waals surface area contributed by atoms with Crippen molar-refractivity contribution in [3.8, 4) is 0 Å². The highest BCUT2D eigenvalue weighted by Crippen LogP contribution is 2.18. The fraction of sp³-hybridized carbons (Fsp3) is 0.400. The third-order valence-electron chi connectivity index (χ3n) is 1.64. The van der Waals surface area contributed by atoms with Crippen molar-refractivity contribution >= 4 is 23.4 Å². The first-order valence-electron chi connectivity index (χ1n) is 4.91. The van der Waals surface area contributed by atoms with Gasteiger partial charge in [0, 0.05) is 6.07 Å². The van der Waals surface area contributed by atoms with Crippen molar-refractivity contribution < 1.29 is 14.5 Å². The summed E-state index contributed by atoms with van der Waals surface area (Å²) in [4.78, 5) is 25.0. The zero-order valence-electron chi connectivity index (χ0n) is 9.45. The zero-order valence-corrected chi connectivity index (χ0v) is 10.3. The molecular weight excluding hydrogens is 244 g/mol. The first kappa shape index (κ1) is 13.4. The number of carbonyl (C=O) groups is 1. The molecule has 0 amide bonds. The number of aromatic nitrogens is 1. The second-order valence-corrected chi connectivity index (χ2v) is 4.43. The van der Waals surface area contributed by atoms with Crippen LogP contribution in [0.25, 0.3) is 0 Å². The van der Waals surface area contributed by atoms with Crippen molar-refractivity contribution in [1.29, 1.82) is 0 Å². The summed E-state index contributed by atoms with van der Waals surface area (Å²) in [5.41, 5.74) is -0.0703. The van der Waals surface area contributed by atoms with E-state index in [4.69, 9.17) is 4.74 Å². The van der Waals surface area contributed by atoms with E-state index in [1.807, 2.05) is 0 Å². The maximum Gasteiger partial charge on any atom is 0.316 e. The normalized spacial score (nSPS) is 10.3. The number of hydrogen-bond acceptors (Lipinski definition) is 6. The van der Waals surface area contributed by atoms with Gasteiger partial charge in [-0.05, 0) is 19.9 Å². The third kappa shape index (κ3) is 4.81. The fourth-order valence-electron chi connectivity index (χ4n) is 0.996. The molecule has 7 heteroatoms. The molecule has 1 rings (SSSR count). The summed E-state index contributed by atoms with van der Waals surface area (Å²) in [7, 11) is 0. The average molecular weight is 256 g/mol. The largest absolute Gasteiger partial charge is 0.462 e. The first-order chi connectivity index (χ1) is 7.99. The Kier molecular flexibility index (Phi) is 4.89. The average Bonchev–Trinajstić information content (AvgIpc) is 2.26. The van der Waals surface area contributed by atoms with Crippen LogP contribution in [-0.4, -0.2) is 27.7 Å². The predicted molar refractivity (Wildman–Crippen MR) is 62.8 cm³/mol. The molecule has 0 unspecified atom stereocenters. The molecule has 0 aliphatic rings. The molecule has 0 fully saturated rings. The summed E-state index contributed by atoms with van der Waals surface area (Å²) in [6.07, 6.45) is 1.02. The van der Waals surface area contributed by atoms with E-state index in [2.05, 4.69) is 4.98 Å². The van der Waals surface area contributed by atoms with E-state index in [1.165, 1.54) is 23.9 Å².